The summed E-state index contributed by atoms with van der Waals surface area (Å²) in [6.45, 7) is 3.18. The summed E-state index contributed by atoms with van der Waals surface area (Å²) in [7, 11) is 0. The van der Waals surface area contributed by atoms with Crippen LogP contribution in [-0.2, 0) is 0 Å². The lowest BCUT2D eigenvalue weighted by Crippen LogP contribution is -2.29. The quantitative estimate of drug-likeness (QED) is 0.821. The van der Waals surface area contributed by atoms with Gasteiger partial charge in [0.05, 0.1) is 6.61 Å². The SMILES string of the molecule is c1cc(-c2ccc(OCCCC3CCCNC3)cc2)ccn1. The number of hydrogen-bond donors (Lipinski definition) is 1. The standard InChI is InChI=1S/C19H24N2O/c1-3-16(15-21-11-1)4-2-14-22-19-7-5-17(6-8-19)18-9-12-20-13-10-18/h5-10,12-13,16,21H,1-4,11,14-15H2. The van der Waals surface area contributed by atoms with Crippen LogP contribution in [0.3, 0.4) is 0 Å². The van der Waals surface area contributed by atoms with Gasteiger partial charge in [0.15, 0.2) is 0 Å². The Hall–Kier alpha value is -1.87. The molecule has 22 heavy (non-hydrogen) atoms. The van der Waals surface area contributed by atoms with Gasteiger partial charge in [0.2, 0.25) is 0 Å². The third kappa shape index (κ3) is 4.31. The Morgan fingerprint density at radius 2 is 1.82 bits per heavy atom. The van der Waals surface area contributed by atoms with E-state index < -0.39 is 0 Å². The number of ether oxygens (including phenoxy) is 1. The summed E-state index contributed by atoms with van der Waals surface area (Å²) in [5, 5.41) is 3.47. The lowest BCUT2D eigenvalue weighted by molar-refractivity contribution is 0.275. The smallest absolute Gasteiger partial charge is 0.119 e. The number of pyridine rings is 1. The summed E-state index contributed by atoms with van der Waals surface area (Å²) in [4.78, 5) is 4.05. The highest BCUT2D eigenvalue weighted by Crippen LogP contribution is 2.22. The van der Waals surface area contributed by atoms with Crippen LogP contribution in [0.25, 0.3) is 11.1 Å². The van der Waals surface area contributed by atoms with E-state index in [4.69, 9.17) is 4.74 Å². The average Bonchev–Trinajstić information content (AvgIpc) is 2.61. The predicted octanol–water partition coefficient (Wildman–Crippen LogP) is 3.91. The number of nitrogens with zero attached hydrogens (tertiary/aromatic N) is 1. The van der Waals surface area contributed by atoms with Crippen molar-refractivity contribution in [2.45, 2.75) is 25.7 Å². The van der Waals surface area contributed by atoms with Gasteiger partial charge in [-0.05, 0) is 80.1 Å². The van der Waals surface area contributed by atoms with Crippen LogP contribution in [0, 0.1) is 5.92 Å². The van der Waals surface area contributed by atoms with Crippen molar-refractivity contribution in [3.8, 4) is 16.9 Å². The van der Waals surface area contributed by atoms with E-state index >= 15 is 0 Å². The molecule has 1 saturated heterocycles. The Kier molecular flexibility index (Phi) is 5.43. The van der Waals surface area contributed by atoms with Gasteiger partial charge in [-0.15, -0.1) is 0 Å². The summed E-state index contributed by atoms with van der Waals surface area (Å²) in [5.41, 5.74) is 2.38. The van der Waals surface area contributed by atoms with Gasteiger partial charge in [0.1, 0.15) is 5.75 Å². The molecule has 1 aliphatic heterocycles. The molecule has 0 aliphatic carbocycles. The largest absolute Gasteiger partial charge is 0.494 e. The van der Waals surface area contributed by atoms with E-state index in [-0.39, 0.29) is 0 Å². The first-order chi connectivity index (χ1) is 10.9. The third-order valence-electron chi connectivity index (χ3n) is 4.29. The average molecular weight is 296 g/mol. The summed E-state index contributed by atoms with van der Waals surface area (Å²) in [5.74, 6) is 1.80. The van der Waals surface area contributed by atoms with E-state index in [9.17, 15) is 0 Å². The molecule has 0 amide bonds. The van der Waals surface area contributed by atoms with E-state index in [2.05, 4.69) is 34.6 Å². The fourth-order valence-electron chi connectivity index (χ4n) is 3.02. The molecule has 3 heteroatoms. The van der Waals surface area contributed by atoms with Crippen molar-refractivity contribution < 1.29 is 4.74 Å². The first-order valence-corrected chi connectivity index (χ1v) is 8.26. The molecular formula is C19H24N2O. The zero-order valence-corrected chi connectivity index (χ0v) is 13.0. The summed E-state index contributed by atoms with van der Waals surface area (Å²) < 4.78 is 5.86. The zero-order chi connectivity index (χ0) is 15.0. The van der Waals surface area contributed by atoms with E-state index in [1.807, 2.05) is 24.5 Å². The molecule has 1 aromatic carbocycles. The second-order valence-corrected chi connectivity index (χ2v) is 5.96. The molecule has 1 unspecified atom stereocenters. The number of nitrogens with one attached hydrogen (secondary N) is 1. The summed E-state index contributed by atoms with van der Waals surface area (Å²) in [6, 6.07) is 12.4. The molecule has 0 radical (unpaired) electrons. The Morgan fingerprint density at radius 3 is 2.55 bits per heavy atom. The van der Waals surface area contributed by atoms with E-state index in [0.717, 1.165) is 24.7 Å². The van der Waals surface area contributed by atoms with Gasteiger partial charge in [-0.25, -0.2) is 0 Å². The minimum atomic E-state index is 0.811. The predicted molar refractivity (Wildman–Crippen MR) is 90.0 cm³/mol. The van der Waals surface area contributed by atoms with Crippen molar-refractivity contribution in [3.05, 3.63) is 48.8 Å². The highest BCUT2D eigenvalue weighted by Gasteiger charge is 2.12. The Bertz CT molecular complexity index is 547. The monoisotopic (exact) mass is 296 g/mol. The van der Waals surface area contributed by atoms with Crippen LogP contribution in [0.5, 0.6) is 5.75 Å². The molecule has 1 aliphatic rings. The molecule has 2 heterocycles. The number of benzene rings is 1. The van der Waals surface area contributed by atoms with Crippen LogP contribution >= 0.6 is 0 Å². The number of piperidine rings is 1. The Balaban J connectivity index is 1.43. The molecule has 3 rings (SSSR count). The first-order valence-electron chi connectivity index (χ1n) is 8.26. The van der Waals surface area contributed by atoms with Gasteiger partial charge in [0, 0.05) is 12.4 Å². The minimum absolute atomic E-state index is 0.811. The van der Waals surface area contributed by atoms with Gasteiger partial charge in [-0.1, -0.05) is 12.1 Å². The Morgan fingerprint density at radius 1 is 1.05 bits per heavy atom. The van der Waals surface area contributed by atoms with Gasteiger partial charge in [-0.3, -0.25) is 4.98 Å². The lowest BCUT2D eigenvalue weighted by atomic mass is 9.95. The normalized spacial score (nSPS) is 18.1. The highest BCUT2D eigenvalue weighted by atomic mass is 16.5. The highest BCUT2D eigenvalue weighted by molar-refractivity contribution is 5.63. The van der Waals surface area contributed by atoms with Gasteiger partial charge in [-0.2, -0.15) is 0 Å². The molecule has 1 atom stereocenters. The number of hydrogen-bond acceptors (Lipinski definition) is 3. The van der Waals surface area contributed by atoms with Crippen molar-refractivity contribution in [2.75, 3.05) is 19.7 Å². The molecule has 116 valence electrons. The second kappa shape index (κ2) is 7.95. The lowest BCUT2D eigenvalue weighted by Gasteiger charge is -2.22. The molecule has 0 spiro atoms. The van der Waals surface area contributed by atoms with Crippen molar-refractivity contribution in [2.24, 2.45) is 5.92 Å². The fraction of sp³-hybridized carbons (Fsp3) is 0.421. The molecule has 1 fully saturated rings. The minimum Gasteiger partial charge on any atom is -0.494 e. The van der Waals surface area contributed by atoms with E-state index in [1.54, 1.807) is 0 Å². The third-order valence-corrected chi connectivity index (χ3v) is 4.29. The maximum absolute atomic E-state index is 5.86. The Labute approximate surface area is 132 Å². The molecule has 1 N–H and O–H groups in total. The molecule has 0 saturated carbocycles. The molecule has 2 aromatic rings. The van der Waals surface area contributed by atoms with Gasteiger partial charge < -0.3 is 10.1 Å². The van der Waals surface area contributed by atoms with E-state index in [0.29, 0.717) is 0 Å². The zero-order valence-electron chi connectivity index (χ0n) is 13.0. The van der Waals surface area contributed by atoms with Gasteiger partial charge in [0.25, 0.3) is 0 Å². The van der Waals surface area contributed by atoms with Crippen molar-refractivity contribution in [1.82, 2.24) is 10.3 Å². The number of rotatable bonds is 6. The second-order valence-electron chi connectivity index (χ2n) is 5.96. The maximum Gasteiger partial charge on any atom is 0.119 e. The van der Waals surface area contributed by atoms with E-state index in [1.165, 1.54) is 43.5 Å². The van der Waals surface area contributed by atoms with Gasteiger partial charge >= 0.3 is 0 Å². The molecule has 1 aromatic heterocycles. The van der Waals surface area contributed by atoms with Crippen LogP contribution in [-0.4, -0.2) is 24.7 Å². The van der Waals surface area contributed by atoms with Crippen LogP contribution < -0.4 is 10.1 Å². The fourth-order valence-corrected chi connectivity index (χ4v) is 3.02. The summed E-state index contributed by atoms with van der Waals surface area (Å²) in [6.07, 6.45) is 8.73. The number of aromatic nitrogens is 1. The topological polar surface area (TPSA) is 34.1 Å². The van der Waals surface area contributed by atoms with Crippen molar-refractivity contribution in [1.29, 1.82) is 0 Å². The summed E-state index contributed by atoms with van der Waals surface area (Å²) >= 11 is 0. The van der Waals surface area contributed by atoms with Crippen LogP contribution in [0.15, 0.2) is 48.8 Å². The molecule has 0 bridgehead atoms. The van der Waals surface area contributed by atoms with Crippen LogP contribution in [0.4, 0.5) is 0 Å². The van der Waals surface area contributed by atoms with Crippen molar-refractivity contribution in [3.63, 3.8) is 0 Å². The molecule has 3 nitrogen and oxygen atoms in total. The maximum atomic E-state index is 5.86. The van der Waals surface area contributed by atoms with Crippen LogP contribution in [0.2, 0.25) is 0 Å². The van der Waals surface area contributed by atoms with Crippen molar-refractivity contribution >= 4 is 0 Å². The first kappa shape index (κ1) is 15.0. The van der Waals surface area contributed by atoms with Crippen LogP contribution in [0.1, 0.15) is 25.7 Å². The molecular weight excluding hydrogens is 272 g/mol.